The van der Waals surface area contributed by atoms with E-state index in [9.17, 15) is 8.78 Å². The molecule has 1 aromatic rings. The molecule has 0 radical (unpaired) electrons. The maximum absolute atomic E-state index is 13.2. The number of halogens is 2. The van der Waals surface area contributed by atoms with Crippen LogP contribution in [0, 0.1) is 0 Å². The highest BCUT2D eigenvalue weighted by Gasteiger charge is 2.48. The van der Waals surface area contributed by atoms with E-state index in [0.717, 1.165) is 5.69 Å². The molecule has 17 heavy (non-hydrogen) atoms. The van der Waals surface area contributed by atoms with Crippen molar-refractivity contribution in [1.29, 1.82) is 0 Å². The number of anilines is 1. The van der Waals surface area contributed by atoms with E-state index in [0.29, 0.717) is 31.8 Å². The van der Waals surface area contributed by atoms with Crippen molar-refractivity contribution in [2.45, 2.75) is 43.8 Å². The largest absolute Gasteiger partial charge is 0.382 e. The van der Waals surface area contributed by atoms with Gasteiger partial charge in [0.1, 0.15) is 11.4 Å². The van der Waals surface area contributed by atoms with Crippen molar-refractivity contribution < 1.29 is 13.5 Å². The zero-order chi connectivity index (χ0) is 12.1. The van der Waals surface area contributed by atoms with Crippen molar-refractivity contribution >= 4 is 5.82 Å². The summed E-state index contributed by atoms with van der Waals surface area (Å²) in [7, 11) is 0. The summed E-state index contributed by atoms with van der Waals surface area (Å²) in [6.45, 7) is 1.16. The van der Waals surface area contributed by atoms with Gasteiger partial charge in [-0.25, -0.2) is 8.78 Å². The minimum Gasteiger partial charge on any atom is -0.382 e. The molecule has 3 rings (SSSR count). The predicted molar refractivity (Wildman–Crippen MR) is 57.7 cm³/mol. The van der Waals surface area contributed by atoms with Gasteiger partial charge in [0.05, 0.1) is 18.8 Å². The number of nitrogen functional groups attached to an aromatic ring is 1. The van der Waals surface area contributed by atoms with Gasteiger partial charge >= 0.3 is 0 Å². The molecule has 2 heterocycles. The molecule has 0 atom stereocenters. The van der Waals surface area contributed by atoms with E-state index in [1.807, 2.05) is 0 Å². The fourth-order valence-electron chi connectivity index (χ4n) is 2.80. The molecule has 0 amide bonds. The number of aromatic nitrogens is 2. The second-order valence-electron chi connectivity index (χ2n) is 4.88. The van der Waals surface area contributed by atoms with Gasteiger partial charge in [0.25, 0.3) is 0 Å². The number of fused-ring (bicyclic) bond motifs is 2. The molecule has 94 valence electrons. The smallest absolute Gasteiger partial charge is 0.248 e. The van der Waals surface area contributed by atoms with Crippen LogP contribution in [-0.4, -0.2) is 22.3 Å². The molecule has 0 saturated heterocycles. The molecule has 1 aliphatic carbocycles. The van der Waals surface area contributed by atoms with E-state index in [4.69, 9.17) is 10.5 Å². The van der Waals surface area contributed by atoms with Crippen LogP contribution < -0.4 is 5.73 Å². The Balaban J connectivity index is 1.94. The summed E-state index contributed by atoms with van der Waals surface area (Å²) in [6, 6.07) is 1.75. The van der Waals surface area contributed by atoms with Crippen molar-refractivity contribution in [3.05, 3.63) is 11.8 Å². The van der Waals surface area contributed by atoms with E-state index < -0.39 is 11.5 Å². The van der Waals surface area contributed by atoms with Crippen LogP contribution >= 0.6 is 0 Å². The van der Waals surface area contributed by atoms with Crippen molar-refractivity contribution in [2.24, 2.45) is 0 Å². The Morgan fingerprint density at radius 1 is 1.29 bits per heavy atom. The number of hydrogen-bond donors (Lipinski definition) is 1. The summed E-state index contributed by atoms with van der Waals surface area (Å²) in [5.74, 6) is -2.12. The topological polar surface area (TPSA) is 53.1 Å². The maximum atomic E-state index is 13.2. The summed E-state index contributed by atoms with van der Waals surface area (Å²) in [4.78, 5) is 0. The lowest BCUT2D eigenvalue weighted by Crippen LogP contribution is -2.43. The Hall–Kier alpha value is -1.17. The molecule has 4 nitrogen and oxygen atoms in total. The summed E-state index contributed by atoms with van der Waals surface area (Å²) in [5.41, 5.74) is 5.93. The highest BCUT2D eigenvalue weighted by molar-refractivity contribution is 5.33. The molecule has 1 fully saturated rings. The van der Waals surface area contributed by atoms with E-state index in [2.05, 4.69) is 5.10 Å². The summed E-state index contributed by atoms with van der Waals surface area (Å²) >= 11 is 0. The van der Waals surface area contributed by atoms with Gasteiger partial charge < -0.3 is 10.5 Å². The van der Waals surface area contributed by atoms with Gasteiger partial charge in [0.15, 0.2) is 0 Å². The van der Waals surface area contributed by atoms with Gasteiger partial charge in [0, 0.05) is 18.9 Å². The molecule has 1 spiro atoms. The Bertz CT molecular complexity index is 434. The average molecular weight is 243 g/mol. The average Bonchev–Trinajstić information content (AvgIpc) is 2.65. The first-order valence-electron chi connectivity index (χ1n) is 5.86. The zero-order valence-corrected chi connectivity index (χ0v) is 9.46. The Kier molecular flexibility index (Phi) is 2.20. The lowest BCUT2D eigenvalue weighted by atomic mass is 9.79. The van der Waals surface area contributed by atoms with Crippen LogP contribution in [0.3, 0.4) is 0 Å². The molecule has 1 aromatic heterocycles. The summed E-state index contributed by atoms with van der Waals surface area (Å²) in [6.07, 6.45) is 0.423. The molecule has 2 aliphatic rings. The van der Waals surface area contributed by atoms with E-state index >= 15 is 0 Å². The van der Waals surface area contributed by atoms with Gasteiger partial charge in [-0.2, -0.15) is 5.10 Å². The van der Waals surface area contributed by atoms with Crippen molar-refractivity contribution in [1.82, 2.24) is 9.78 Å². The second kappa shape index (κ2) is 3.41. The quantitative estimate of drug-likeness (QED) is 0.757. The van der Waals surface area contributed by atoms with Crippen LogP contribution in [0.25, 0.3) is 0 Å². The first-order valence-corrected chi connectivity index (χ1v) is 5.86. The van der Waals surface area contributed by atoms with Crippen LogP contribution in [0.15, 0.2) is 6.07 Å². The fraction of sp³-hybridized carbons (Fsp3) is 0.727. The lowest BCUT2D eigenvalue weighted by molar-refractivity contribution is -0.152. The molecular formula is C11H15F2N3O. The molecule has 1 aliphatic heterocycles. The van der Waals surface area contributed by atoms with Crippen LogP contribution in [-0.2, 0) is 16.9 Å². The normalized spacial score (nSPS) is 25.8. The van der Waals surface area contributed by atoms with Crippen molar-refractivity contribution in [3.8, 4) is 0 Å². The lowest BCUT2D eigenvalue weighted by Gasteiger charge is -2.42. The minimum absolute atomic E-state index is 0.127. The second-order valence-corrected chi connectivity index (χ2v) is 4.88. The number of hydrogen-bond acceptors (Lipinski definition) is 3. The van der Waals surface area contributed by atoms with Gasteiger partial charge in [-0.1, -0.05) is 0 Å². The molecule has 0 unspecified atom stereocenters. The first-order chi connectivity index (χ1) is 8.01. The first kappa shape index (κ1) is 11.0. The molecule has 0 aromatic carbocycles. The molecular weight excluding hydrogens is 228 g/mol. The Labute approximate surface area is 97.7 Å². The zero-order valence-electron chi connectivity index (χ0n) is 9.46. The summed E-state index contributed by atoms with van der Waals surface area (Å²) in [5, 5.41) is 4.16. The third kappa shape index (κ3) is 1.71. The Morgan fingerprint density at radius 2 is 2.00 bits per heavy atom. The van der Waals surface area contributed by atoms with Crippen molar-refractivity contribution in [2.75, 3.05) is 12.3 Å². The highest BCUT2D eigenvalue weighted by Crippen LogP contribution is 2.47. The van der Waals surface area contributed by atoms with E-state index in [1.54, 1.807) is 10.7 Å². The van der Waals surface area contributed by atoms with Crippen LogP contribution in [0.5, 0.6) is 0 Å². The third-order valence-corrected chi connectivity index (χ3v) is 3.74. The monoisotopic (exact) mass is 243 g/mol. The SMILES string of the molecule is Nc1cc2n(n1)CCOC21CCC(F)(F)CC1. The fourth-order valence-corrected chi connectivity index (χ4v) is 2.80. The molecule has 2 N–H and O–H groups in total. The number of ether oxygens (including phenoxy) is 1. The number of nitrogens with two attached hydrogens (primary N) is 1. The predicted octanol–water partition coefficient (Wildman–Crippen LogP) is 1.90. The van der Waals surface area contributed by atoms with Crippen LogP contribution in [0.1, 0.15) is 31.4 Å². The standard InChI is InChI=1S/C11H15F2N3O/c12-11(13)3-1-10(2-4-11)8-7-9(14)15-16(8)5-6-17-10/h7H,1-6H2,(H2,14,15). The number of nitrogens with zero attached hydrogens (tertiary/aromatic N) is 2. The van der Waals surface area contributed by atoms with E-state index in [1.165, 1.54) is 0 Å². The van der Waals surface area contributed by atoms with Gasteiger partial charge in [-0.3, -0.25) is 4.68 Å². The number of alkyl halides is 2. The molecule has 6 heteroatoms. The Morgan fingerprint density at radius 3 is 2.71 bits per heavy atom. The molecule has 1 saturated carbocycles. The van der Waals surface area contributed by atoms with E-state index in [-0.39, 0.29) is 12.8 Å². The maximum Gasteiger partial charge on any atom is 0.248 e. The van der Waals surface area contributed by atoms with Gasteiger partial charge in [-0.05, 0) is 12.8 Å². The van der Waals surface area contributed by atoms with Crippen LogP contribution in [0.4, 0.5) is 14.6 Å². The van der Waals surface area contributed by atoms with Gasteiger partial charge in [-0.15, -0.1) is 0 Å². The van der Waals surface area contributed by atoms with Crippen molar-refractivity contribution in [3.63, 3.8) is 0 Å². The summed E-state index contributed by atoms with van der Waals surface area (Å²) < 4.78 is 34.0. The minimum atomic E-state index is -2.55. The highest BCUT2D eigenvalue weighted by atomic mass is 19.3. The van der Waals surface area contributed by atoms with Gasteiger partial charge in [0.2, 0.25) is 5.92 Å². The van der Waals surface area contributed by atoms with Crippen LogP contribution in [0.2, 0.25) is 0 Å². The third-order valence-electron chi connectivity index (χ3n) is 3.74. The number of rotatable bonds is 0. The molecule has 0 bridgehead atoms.